The molecule has 0 bridgehead atoms. The van der Waals surface area contributed by atoms with Crippen LogP contribution in [0.25, 0.3) is 0 Å². The van der Waals surface area contributed by atoms with Crippen LogP contribution in [-0.2, 0) is 41.8 Å². The molecule has 6 rings (SSSR count). The van der Waals surface area contributed by atoms with Crippen molar-refractivity contribution in [1.29, 1.82) is 0 Å². The summed E-state index contributed by atoms with van der Waals surface area (Å²) < 4.78 is 0. The minimum Gasteiger partial charge on any atom is -0.481 e. The largest absolute Gasteiger partial charge is 0.481 e. The van der Waals surface area contributed by atoms with Crippen molar-refractivity contribution in [1.82, 2.24) is 9.80 Å². The summed E-state index contributed by atoms with van der Waals surface area (Å²) in [5.74, 6) is -2.65. The Hall–Kier alpha value is -5.04. The van der Waals surface area contributed by atoms with Crippen LogP contribution in [0.5, 0.6) is 0 Å². The number of aryl methyl sites for hydroxylation is 3. The first-order valence-electron chi connectivity index (χ1n) is 19.5. The highest BCUT2D eigenvalue weighted by Gasteiger charge is 2.28. The highest BCUT2D eigenvalue weighted by molar-refractivity contribution is 7.17. The average Bonchev–Trinajstić information content (AvgIpc) is 3.87. The van der Waals surface area contributed by atoms with E-state index in [1.165, 1.54) is 11.3 Å². The molecule has 1 heterocycles. The molecule has 0 saturated heterocycles. The van der Waals surface area contributed by atoms with E-state index in [0.717, 1.165) is 91.3 Å². The minimum atomic E-state index is -0.985. The summed E-state index contributed by atoms with van der Waals surface area (Å²) in [4.78, 5) is 67.5. The summed E-state index contributed by atoms with van der Waals surface area (Å²) in [5, 5.41) is 24.8. The van der Waals surface area contributed by atoms with Crippen LogP contribution in [-0.4, -0.2) is 75.9 Å². The van der Waals surface area contributed by atoms with Gasteiger partial charge in [0.25, 0.3) is 11.8 Å². The normalized spacial score (nSPS) is 13.7. The number of amides is 3. The molecule has 0 unspecified atom stereocenters. The van der Waals surface area contributed by atoms with E-state index in [0.29, 0.717) is 47.5 Å². The van der Waals surface area contributed by atoms with E-state index in [9.17, 15) is 24.0 Å². The molecule has 11 nitrogen and oxygen atoms in total. The lowest BCUT2D eigenvalue weighted by atomic mass is 9.95. The van der Waals surface area contributed by atoms with Crippen molar-refractivity contribution < 1.29 is 34.2 Å². The van der Waals surface area contributed by atoms with Gasteiger partial charge in [0.2, 0.25) is 5.91 Å². The van der Waals surface area contributed by atoms with Crippen molar-refractivity contribution in [2.45, 2.75) is 89.6 Å². The highest BCUT2D eigenvalue weighted by Crippen LogP contribution is 2.39. The fourth-order valence-corrected chi connectivity index (χ4v) is 8.92. The molecular weight excluding hydrogens is 764 g/mol. The van der Waals surface area contributed by atoms with Crippen LogP contribution in [0.3, 0.4) is 0 Å². The van der Waals surface area contributed by atoms with Gasteiger partial charge in [-0.25, -0.2) is 4.79 Å². The first-order valence-corrected chi connectivity index (χ1v) is 20.3. The number of fused-ring (bicyclic) bond motifs is 1. The standard InChI is InChI=1S/C44H50N4O7S.ClH/c1-47(38(49)23-24-39(50)51)25-26-48(35-9-2-3-10-35)28-31-7-6-8-33(27-31)41(52)46-43-40(36-11-4-5-12-37(36)56-43)42(53)45-34-21-17-30(18-22-34)14-13-29-15-19-32(20-16-29)44(54)55;/h6-8,15-22,27,35H,2-5,9-14,23-26,28H2,1H3,(H,45,53)(H,46,52)(H,50,51)(H,54,55);1H. The van der Waals surface area contributed by atoms with Crippen molar-refractivity contribution >= 4 is 64.1 Å². The van der Waals surface area contributed by atoms with Gasteiger partial charge < -0.3 is 25.7 Å². The zero-order valence-electron chi connectivity index (χ0n) is 32.3. The average molecular weight is 815 g/mol. The van der Waals surface area contributed by atoms with Crippen molar-refractivity contribution in [3.63, 3.8) is 0 Å². The number of thiophene rings is 1. The first kappa shape index (κ1) is 43.1. The van der Waals surface area contributed by atoms with E-state index in [2.05, 4.69) is 15.5 Å². The van der Waals surface area contributed by atoms with E-state index in [-0.39, 0.29) is 48.5 Å². The van der Waals surface area contributed by atoms with Gasteiger partial charge >= 0.3 is 11.9 Å². The number of nitrogens with one attached hydrogen (secondary N) is 2. The van der Waals surface area contributed by atoms with Crippen LogP contribution in [0.15, 0.2) is 72.8 Å². The molecular formula is C44H51ClN4O7S. The van der Waals surface area contributed by atoms with Gasteiger partial charge in [0, 0.05) is 55.3 Å². The number of carboxylic acids is 2. The van der Waals surface area contributed by atoms with Gasteiger partial charge in [-0.3, -0.25) is 24.1 Å². The lowest BCUT2D eigenvalue weighted by Gasteiger charge is -2.31. The van der Waals surface area contributed by atoms with Crippen molar-refractivity contribution in [2.24, 2.45) is 0 Å². The van der Waals surface area contributed by atoms with Gasteiger partial charge in [-0.15, -0.1) is 23.7 Å². The maximum absolute atomic E-state index is 13.9. The Bertz CT molecular complexity index is 2040. The Morgan fingerprint density at radius 2 is 1.40 bits per heavy atom. The second-order valence-electron chi connectivity index (χ2n) is 14.8. The monoisotopic (exact) mass is 814 g/mol. The molecule has 4 N–H and O–H groups in total. The third-order valence-corrected chi connectivity index (χ3v) is 12.1. The molecule has 13 heteroatoms. The van der Waals surface area contributed by atoms with Crippen molar-refractivity contribution in [3.8, 4) is 0 Å². The highest BCUT2D eigenvalue weighted by atomic mass is 35.5. The van der Waals surface area contributed by atoms with Crippen LogP contribution in [0.4, 0.5) is 10.7 Å². The number of aliphatic carboxylic acids is 1. The number of rotatable bonds is 17. The third kappa shape index (κ3) is 11.8. The molecule has 2 aliphatic carbocycles. The predicted molar refractivity (Wildman–Crippen MR) is 225 cm³/mol. The number of halogens is 1. The second kappa shape index (κ2) is 20.4. The zero-order chi connectivity index (χ0) is 39.6. The van der Waals surface area contributed by atoms with E-state index < -0.39 is 11.9 Å². The lowest BCUT2D eigenvalue weighted by molar-refractivity contribution is -0.140. The van der Waals surface area contributed by atoms with Gasteiger partial charge in [-0.2, -0.15) is 0 Å². The van der Waals surface area contributed by atoms with Crippen LogP contribution < -0.4 is 10.6 Å². The Kier molecular flexibility index (Phi) is 15.4. The Balaban J connectivity index is 0.00000620. The van der Waals surface area contributed by atoms with Crippen LogP contribution in [0.2, 0.25) is 0 Å². The van der Waals surface area contributed by atoms with Crippen LogP contribution >= 0.6 is 23.7 Å². The molecule has 3 aromatic carbocycles. The Morgan fingerprint density at radius 3 is 2.07 bits per heavy atom. The molecule has 0 spiro atoms. The molecule has 2 aliphatic rings. The molecule has 0 atom stereocenters. The van der Waals surface area contributed by atoms with E-state index >= 15 is 0 Å². The zero-order valence-corrected chi connectivity index (χ0v) is 33.9. The number of benzene rings is 3. The number of carbonyl (C=O) groups excluding carboxylic acids is 3. The summed E-state index contributed by atoms with van der Waals surface area (Å²) in [7, 11) is 1.71. The first-order chi connectivity index (χ1) is 27.0. The van der Waals surface area contributed by atoms with E-state index in [4.69, 9.17) is 10.2 Å². The molecule has 3 amide bonds. The number of hydrogen-bond donors (Lipinski definition) is 4. The van der Waals surface area contributed by atoms with Gasteiger partial charge in [-0.1, -0.05) is 49.2 Å². The van der Waals surface area contributed by atoms with E-state index in [1.807, 2.05) is 54.6 Å². The number of carbonyl (C=O) groups is 5. The van der Waals surface area contributed by atoms with Gasteiger partial charge in [0.15, 0.2) is 0 Å². The molecule has 57 heavy (non-hydrogen) atoms. The van der Waals surface area contributed by atoms with E-state index in [1.54, 1.807) is 30.1 Å². The molecule has 1 saturated carbocycles. The topological polar surface area (TPSA) is 156 Å². The summed E-state index contributed by atoms with van der Waals surface area (Å²) in [5.41, 5.74) is 6.08. The van der Waals surface area contributed by atoms with Crippen LogP contribution in [0, 0.1) is 0 Å². The van der Waals surface area contributed by atoms with Gasteiger partial charge in [-0.05, 0) is 110 Å². The fraction of sp³-hybridized carbons (Fsp3) is 0.386. The quantitative estimate of drug-likeness (QED) is 0.0834. The predicted octanol–water partition coefficient (Wildman–Crippen LogP) is 8.10. The molecule has 302 valence electrons. The molecule has 0 radical (unpaired) electrons. The lowest BCUT2D eigenvalue weighted by Crippen LogP contribution is -2.40. The van der Waals surface area contributed by atoms with Crippen molar-refractivity contribution in [2.75, 3.05) is 30.8 Å². The maximum atomic E-state index is 13.9. The maximum Gasteiger partial charge on any atom is 0.335 e. The third-order valence-electron chi connectivity index (χ3n) is 10.9. The number of nitrogens with zero attached hydrogens (tertiary/aromatic N) is 2. The SMILES string of the molecule is CN(CCN(Cc1cccc(C(=O)Nc2sc3c(c2C(=O)Nc2ccc(CCc4ccc(C(=O)O)cc4)cc2)CCCC3)c1)C1CCCC1)C(=O)CCC(=O)O.Cl. The number of likely N-dealkylation sites (N-methyl/N-ethyl adjacent to an activating group) is 1. The molecule has 1 fully saturated rings. The molecule has 4 aromatic rings. The van der Waals surface area contributed by atoms with Gasteiger partial charge in [0.05, 0.1) is 17.5 Å². The smallest absolute Gasteiger partial charge is 0.335 e. The number of anilines is 2. The minimum absolute atomic E-state index is 0. The summed E-state index contributed by atoms with van der Waals surface area (Å²) in [6, 6.07) is 22.6. The number of carboxylic acid groups (broad SMARTS) is 2. The molecule has 0 aliphatic heterocycles. The van der Waals surface area contributed by atoms with Gasteiger partial charge in [0.1, 0.15) is 5.00 Å². The fourth-order valence-electron chi connectivity index (χ4n) is 7.63. The van der Waals surface area contributed by atoms with Crippen molar-refractivity contribution in [3.05, 3.63) is 117 Å². The van der Waals surface area contributed by atoms with Crippen LogP contribution in [0.1, 0.15) is 110 Å². The summed E-state index contributed by atoms with van der Waals surface area (Å²) in [6.45, 7) is 1.74. The Labute approximate surface area is 343 Å². The second-order valence-corrected chi connectivity index (χ2v) is 15.9. The molecule has 1 aromatic heterocycles. The Morgan fingerprint density at radius 1 is 0.737 bits per heavy atom. The summed E-state index contributed by atoms with van der Waals surface area (Å²) in [6.07, 6.45) is 9.44. The number of aromatic carboxylic acids is 1. The summed E-state index contributed by atoms with van der Waals surface area (Å²) >= 11 is 1.48. The number of hydrogen-bond acceptors (Lipinski definition) is 7.